The summed E-state index contributed by atoms with van der Waals surface area (Å²) in [5.74, 6) is -0.552. The number of nitrogens with zero attached hydrogens (tertiary/aromatic N) is 1. The minimum absolute atomic E-state index is 0.0428. The van der Waals surface area contributed by atoms with Gasteiger partial charge < -0.3 is 14.4 Å². The van der Waals surface area contributed by atoms with Crippen LogP contribution < -0.4 is 0 Å². The molecule has 0 aromatic heterocycles. The van der Waals surface area contributed by atoms with E-state index in [1.54, 1.807) is 12.3 Å². The van der Waals surface area contributed by atoms with E-state index in [0.29, 0.717) is 25.0 Å². The van der Waals surface area contributed by atoms with Crippen LogP contribution in [-0.2, 0) is 19.1 Å². The monoisotopic (exact) mass is 409 g/mol. The Morgan fingerprint density at radius 1 is 0.828 bits per heavy atom. The number of carbonyl (C=O) groups is 2. The van der Waals surface area contributed by atoms with E-state index in [2.05, 4.69) is 27.7 Å². The molecule has 0 fully saturated rings. The smallest absolute Gasteiger partial charge is 0.345 e. The zero-order chi connectivity index (χ0) is 22.1. The second-order valence-corrected chi connectivity index (χ2v) is 7.92. The molecule has 0 aromatic rings. The van der Waals surface area contributed by atoms with Gasteiger partial charge in [-0.15, -0.1) is 0 Å². The van der Waals surface area contributed by atoms with Crippen molar-refractivity contribution < 1.29 is 19.1 Å². The van der Waals surface area contributed by atoms with E-state index >= 15 is 0 Å². The average Bonchev–Trinajstić information content (AvgIpc) is 2.70. The van der Waals surface area contributed by atoms with E-state index in [1.165, 1.54) is 6.08 Å². The first-order valence-electron chi connectivity index (χ1n) is 11.3. The predicted molar refractivity (Wildman–Crippen MR) is 119 cm³/mol. The molecule has 0 heterocycles. The van der Waals surface area contributed by atoms with Gasteiger partial charge >= 0.3 is 11.9 Å². The Morgan fingerprint density at radius 3 is 1.62 bits per heavy atom. The molecule has 2 unspecified atom stereocenters. The normalized spacial score (nSPS) is 13.0. The van der Waals surface area contributed by atoms with Crippen molar-refractivity contribution in [3.8, 4) is 0 Å². The van der Waals surface area contributed by atoms with Crippen molar-refractivity contribution in [1.29, 1.82) is 0 Å². The Labute approximate surface area is 178 Å². The van der Waals surface area contributed by atoms with Crippen LogP contribution in [0.2, 0.25) is 0 Å². The van der Waals surface area contributed by atoms with Gasteiger partial charge in [-0.05, 0) is 43.0 Å². The number of unbranched alkanes of at least 4 members (excludes halogenated alkanes) is 2. The summed E-state index contributed by atoms with van der Waals surface area (Å²) >= 11 is 0. The summed E-state index contributed by atoms with van der Waals surface area (Å²) in [6, 6.07) is 0. The van der Waals surface area contributed by atoms with E-state index in [1.807, 2.05) is 19.0 Å². The minimum atomic E-state index is -0.602. The van der Waals surface area contributed by atoms with Crippen LogP contribution in [0.25, 0.3) is 0 Å². The molecule has 0 aliphatic heterocycles. The average molecular weight is 410 g/mol. The maximum absolute atomic E-state index is 12.6. The summed E-state index contributed by atoms with van der Waals surface area (Å²) in [6.45, 7) is 9.17. The Kier molecular flexibility index (Phi) is 16.1. The fraction of sp³-hybridized carbons (Fsp3) is 0.750. The van der Waals surface area contributed by atoms with Gasteiger partial charge in [0.15, 0.2) is 0 Å². The van der Waals surface area contributed by atoms with Gasteiger partial charge in [0.1, 0.15) is 5.57 Å². The van der Waals surface area contributed by atoms with Gasteiger partial charge in [-0.25, -0.2) is 9.59 Å². The van der Waals surface area contributed by atoms with Gasteiger partial charge in [-0.1, -0.05) is 66.2 Å². The lowest BCUT2D eigenvalue weighted by atomic mass is 10.0. The lowest BCUT2D eigenvalue weighted by molar-refractivity contribution is -0.148. The van der Waals surface area contributed by atoms with E-state index in [4.69, 9.17) is 9.47 Å². The summed E-state index contributed by atoms with van der Waals surface area (Å²) in [5, 5.41) is 0. The molecule has 0 radical (unpaired) electrons. The van der Waals surface area contributed by atoms with Crippen LogP contribution >= 0.6 is 0 Å². The lowest BCUT2D eigenvalue weighted by Crippen LogP contribution is -2.23. The summed E-state index contributed by atoms with van der Waals surface area (Å²) in [5.41, 5.74) is -0.0428. The molecule has 5 heteroatoms. The van der Waals surface area contributed by atoms with Crippen LogP contribution in [0.4, 0.5) is 0 Å². The van der Waals surface area contributed by atoms with Crippen LogP contribution in [0.1, 0.15) is 79.1 Å². The molecule has 168 valence electrons. The number of carbonyl (C=O) groups excluding carboxylic acids is 2. The minimum Gasteiger partial charge on any atom is -0.462 e. The number of allylic oxidation sites excluding steroid dienone is 2. The zero-order valence-corrected chi connectivity index (χ0v) is 19.5. The number of rotatable bonds is 16. The third kappa shape index (κ3) is 13.1. The van der Waals surface area contributed by atoms with Crippen LogP contribution in [0.15, 0.2) is 23.9 Å². The third-order valence-corrected chi connectivity index (χ3v) is 5.07. The Bertz CT molecular complexity index is 477. The van der Waals surface area contributed by atoms with E-state index in [0.717, 1.165) is 51.4 Å². The molecular weight excluding hydrogens is 366 g/mol. The summed E-state index contributed by atoms with van der Waals surface area (Å²) in [7, 11) is 3.75. The molecule has 0 aromatic carbocycles. The first kappa shape index (κ1) is 27.2. The molecule has 0 rings (SSSR count). The first-order chi connectivity index (χ1) is 13.9. The summed E-state index contributed by atoms with van der Waals surface area (Å²) < 4.78 is 11.0. The highest BCUT2D eigenvalue weighted by molar-refractivity contribution is 6.14. The van der Waals surface area contributed by atoms with Gasteiger partial charge in [0.05, 0.1) is 13.2 Å². The van der Waals surface area contributed by atoms with Gasteiger partial charge in [0, 0.05) is 14.1 Å². The van der Waals surface area contributed by atoms with E-state index < -0.39 is 11.9 Å². The Morgan fingerprint density at radius 2 is 1.28 bits per heavy atom. The highest BCUT2D eigenvalue weighted by Crippen LogP contribution is 2.16. The quantitative estimate of drug-likeness (QED) is 0.111. The Balaban J connectivity index is 5.03. The van der Waals surface area contributed by atoms with Crippen molar-refractivity contribution in [2.75, 3.05) is 27.3 Å². The van der Waals surface area contributed by atoms with Crippen LogP contribution in [-0.4, -0.2) is 44.1 Å². The molecule has 0 saturated carbocycles. The molecule has 5 nitrogen and oxygen atoms in total. The molecule has 0 spiro atoms. The third-order valence-electron chi connectivity index (χ3n) is 5.07. The van der Waals surface area contributed by atoms with Crippen molar-refractivity contribution in [3.05, 3.63) is 23.9 Å². The molecule has 2 atom stereocenters. The van der Waals surface area contributed by atoms with E-state index in [-0.39, 0.29) is 5.57 Å². The molecule has 0 amide bonds. The lowest BCUT2D eigenvalue weighted by Gasteiger charge is -2.17. The fourth-order valence-corrected chi connectivity index (χ4v) is 2.87. The Hall–Kier alpha value is -1.78. The standard InChI is InChI=1S/C24H43NO4/c1-7-11-14-20(9-3)18-28-23(26)22(16-13-17-25(5)6)24(27)29-19-21(10-4)15-12-8-2/h13,16-17,20-21H,7-12,14-15,18-19H2,1-6H3. The van der Waals surface area contributed by atoms with Crippen LogP contribution in [0.3, 0.4) is 0 Å². The number of ether oxygens (including phenoxy) is 2. The van der Waals surface area contributed by atoms with Gasteiger partial charge in [0.2, 0.25) is 0 Å². The molecular formula is C24H43NO4. The van der Waals surface area contributed by atoms with Crippen LogP contribution in [0, 0.1) is 11.8 Å². The van der Waals surface area contributed by atoms with Gasteiger partial charge in [-0.2, -0.15) is 0 Å². The van der Waals surface area contributed by atoms with E-state index in [9.17, 15) is 9.59 Å². The number of hydrogen-bond donors (Lipinski definition) is 0. The molecule has 0 saturated heterocycles. The number of hydrogen-bond acceptors (Lipinski definition) is 5. The fourth-order valence-electron chi connectivity index (χ4n) is 2.87. The van der Waals surface area contributed by atoms with Gasteiger partial charge in [0.25, 0.3) is 0 Å². The van der Waals surface area contributed by atoms with Crippen molar-refractivity contribution >= 4 is 11.9 Å². The largest absolute Gasteiger partial charge is 0.462 e. The van der Waals surface area contributed by atoms with Crippen molar-refractivity contribution in [3.63, 3.8) is 0 Å². The second kappa shape index (κ2) is 17.1. The van der Waals surface area contributed by atoms with Crippen molar-refractivity contribution in [1.82, 2.24) is 4.90 Å². The highest BCUT2D eigenvalue weighted by Gasteiger charge is 2.23. The zero-order valence-electron chi connectivity index (χ0n) is 19.5. The molecule has 0 aliphatic rings. The van der Waals surface area contributed by atoms with Crippen molar-refractivity contribution in [2.24, 2.45) is 11.8 Å². The van der Waals surface area contributed by atoms with Crippen LogP contribution in [0.5, 0.6) is 0 Å². The predicted octanol–water partition coefficient (Wildman–Crippen LogP) is 5.51. The topological polar surface area (TPSA) is 55.8 Å². The van der Waals surface area contributed by atoms with Crippen molar-refractivity contribution in [2.45, 2.75) is 79.1 Å². The molecule has 0 N–H and O–H groups in total. The molecule has 29 heavy (non-hydrogen) atoms. The van der Waals surface area contributed by atoms with Gasteiger partial charge in [-0.3, -0.25) is 0 Å². The second-order valence-electron chi connectivity index (χ2n) is 7.92. The summed E-state index contributed by atoms with van der Waals surface area (Å²) in [6.07, 6.45) is 13.4. The SMILES string of the molecule is CCCCC(CC)COC(=O)C(=CC=CN(C)C)C(=O)OCC(CC)CCCC. The maximum Gasteiger partial charge on any atom is 0.345 e. The summed E-state index contributed by atoms with van der Waals surface area (Å²) in [4.78, 5) is 27.0. The number of esters is 2. The molecule has 0 aliphatic carbocycles. The maximum atomic E-state index is 12.6. The molecule has 0 bridgehead atoms. The first-order valence-corrected chi connectivity index (χ1v) is 11.3. The highest BCUT2D eigenvalue weighted by atomic mass is 16.6.